The van der Waals surface area contributed by atoms with Crippen LogP contribution in [0.5, 0.6) is 0 Å². The Bertz CT molecular complexity index is 449. The lowest BCUT2D eigenvalue weighted by Gasteiger charge is -2.21. The largest absolute Gasteiger partial charge is 0.329 e. The summed E-state index contributed by atoms with van der Waals surface area (Å²) in [4.78, 5) is 1.38. The van der Waals surface area contributed by atoms with Gasteiger partial charge in [0.2, 0.25) is 0 Å². The Balaban J connectivity index is 2.89. The van der Waals surface area contributed by atoms with Crippen LogP contribution in [0.2, 0.25) is 0 Å². The Morgan fingerprint density at radius 3 is 2.12 bits per heavy atom. The second-order valence-electron chi connectivity index (χ2n) is 4.31. The normalized spacial score (nSPS) is 12.8. The van der Waals surface area contributed by atoms with Gasteiger partial charge in [0.25, 0.3) is 0 Å². The zero-order chi connectivity index (χ0) is 12.4. The van der Waals surface area contributed by atoms with E-state index >= 15 is 0 Å². The summed E-state index contributed by atoms with van der Waals surface area (Å²) in [6, 6.07) is 6.89. The molecular formula is C11H17NO2S2. The van der Waals surface area contributed by atoms with Crippen LogP contribution >= 0.6 is 11.8 Å². The molecule has 0 fully saturated rings. The van der Waals surface area contributed by atoms with Gasteiger partial charge in [-0.25, -0.2) is 8.42 Å². The van der Waals surface area contributed by atoms with E-state index in [2.05, 4.69) is 13.8 Å². The maximum Gasteiger partial charge on any atom is 0.175 e. The minimum absolute atomic E-state index is 0.0351. The van der Waals surface area contributed by atoms with Crippen molar-refractivity contribution >= 4 is 21.6 Å². The standard InChI is InChI=1S/C11H17NO2S2/c1-11(2,8-12)15-9-4-6-10(7-5-9)16(3,13)14/h4-7H,8,12H2,1-3H3. The second kappa shape index (κ2) is 4.77. The average Bonchev–Trinajstić information content (AvgIpc) is 2.16. The monoisotopic (exact) mass is 259 g/mol. The summed E-state index contributed by atoms with van der Waals surface area (Å²) in [5.41, 5.74) is 5.64. The fraction of sp³-hybridized carbons (Fsp3) is 0.455. The third kappa shape index (κ3) is 3.81. The van der Waals surface area contributed by atoms with E-state index in [1.807, 2.05) is 12.1 Å². The lowest BCUT2D eigenvalue weighted by molar-refractivity contribution is 0.602. The smallest absolute Gasteiger partial charge is 0.175 e. The second-order valence-corrected chi connectivity index (χ2v) is 8.11. The summed E-state index contributed by atoms with van der Waals surface area (Å²) in [5.74, 6) is 0. The van der Waals surface area contributed by atoms with Crippen LogP contribution < -0.4 is 5.73 Å². The number of nitrogens with two attached hydrogens (primary N) is 1. The van der Waals surface area contributed by atoms with Gasteiger partial charge in [0.1, 0.15) is 0 Å². The molecule has 0 unspecified atom stereocenters. The van der Waals surface area contributed by atoms with Crippen molar-refractivity contribution in [3.05, 3.63) is 24.3 Å². The van der Waals surface area contributed by atoms with E-state index in [1.54, 1.807) is 23.9 Å². The fourth-order valence-electron chi connectivity index (χ4n) is 1.12. The number of hydrogen-bond donors (Lipinski definition) is 1. The van der Waals surface area contributed by atoms with E-state index in [1.165, 1.54) is 6.26 Å². The Morgan fingerprint density at radius 1 is 1.25 bits per heavy atom. The van der Waals surface area contributed by atoms with Gasteiger partial charge in [0.15, 0.2) is 9.84 Å². The highest BCUT2D eigenvalue weighted by molar-refractivity contribution is 8.00. The number of hydrogen-bond acceptors (Lipinski definition) is 4. The van der Waals surface area contributed by atoms with Crippen LogP contribution in [0.4, 0.5) is 0 Å². The summed E-state index contributed by atoms with van der Waals surface area (Å²) in [6.07, 6.45) is 1.21. The maximum absolute atomic E-state index is 11.3. The van der Waals surface area contributed by atoms with Crippen LogP contribution in [0, 0.1) is 0 Å². The Morgan fingerprint density at radius 2 is 1.75 bits per heavy atom. The summed E-state index contributed by atoms with van der Waals surface area (Å²) in [7, 11) is -3.10. The van der Waals surface area contributed by atoms with E-state index in [0.717, 1.165) is 4.90 Å². The lowest BCUT2D eigenvalue weighted by Crippen LogP contribution is -2.26. The zero-order valence-electron chi connectivity index (χ0n) is 9.73. The summed E-state index contributed by atoms with van der Waals surface area (Å²) in [5, 5.41) is 0. The molecule has 1 aromatic carbocycles. The maximum atomic E-state index is 11.3. The molecule has 1 aromatic rings. The van der Waals surface area contributed by atoms with E-state index in [-0.39, 0.29) is 4.75 Å². The molecule has 0 spiro atoms. The van der Waals surface area contributed by atoms with Crippen molar-refractivity contribution in [3.63, 3.8) is 0 Å². The predicted octanol–water partition coefficient (Wildman–Crippen LogP) is 1.92. The Kier molecular flexibility index (Phi) is 4.04. The molecule has 0 saturated heterocycles. The summed E-state index contributed by atoms with van der Waals surface area (Å²) >= 11 is 1.65. The topological polar surface area (TPSA) is 60.2 Å². The molecule has 3 nitrogen and oxygen atoms in total. The molecule has 90 valence electrons. The molecule has 0 bridgehead atoms. The molecule has 0 aliphatic rings. The number of thioether (sulfide) groups is 1. The van der Waals surface area contributed by atoms with Crippen molar-refractivity contribution in [2.75, 3.05) is 12.8 Å². The third-order valence-corrected chi connectivity index (χ3v) is 4.49. The van der Waals surface area contributed by atoms with Gasteiger partial charge in [-0.05, 0) is 38.1 Å². The lowest BCUT2D eigenvalue weighted by atomic mass is 10.2. The average molecular weight is 259 g/mol. The number of rotatable bonds is 4. The predicted molar refractivity (Wildman–Crippen MR) is 68.5 cm³/mol. The molecule has 2 N–H and O–H groups in total. The highest BCUT2D eigenvalue weighted by Gasteiger charge is 2.17. The Hall–Kier alpha value is -0.520. The molecular weight excluding hydrogens is 242 g/mol. The van der Waals surface area contributed by atoms with Crippen molar-refractivity contribution < 1.29 is 8.42 Å². The molecule has 0 aliphatic heterocycles. The SMILES string of the molecule is CC(C)(CN)Sc1ccc(S(C)(=O)=O)cc1. The van der Waals surface area contributed by atoms with Crippen molar-refractivity contribution in [3.8, 4) is 0 Å². The molecule has 0 atom stereocenters. The molecule has 0 heterocycles. The molecule has 0 amide bonds. The van der Waals surface area contributed by atoms with Crippen molar-refractivity contribution in [2.24, 2.45) is 5.73 Å². The molecule has 16 heavy (non-hydrogen) atoms. The quantitative estimate of drug-likeness (QED) is 0.839. The number of sulfone groups is 1. The molecule has 0 aliphatic carbocycles. The van der Waals surface area contributed by atoms with Gasteiger partial charge in [-0.1, -0.05) is 0 Å². The van der Waals surface area contributed by atoms with Crippen LogP contribution in [0.25, 0.3) is 0 Å². The fourth-order valence-corrected chi connectivity index (χ4v) is 2.74. The van der Waals surface area contributed by atoms with Crippen molar-refractivity contribution in [2.45, 2.75) is 28.4 Å². The van der Waals surface area contributed by atoms with Crippen LogP contribution in [0.3, 0.4) is 0 Å². The highest BCUT2D eigenvalue weighted by atomic mass is 32.2. The molecule has 0 saturated carbocycles. The van der Waals surface area contributed by atoms with E-state index < -0.39 is 9.84 Å². The first-order chi connectivity index (χ1) is 7.24. The van der Waals surface area contributed by atoms with Crippen LogP contribution in [0.1, 0.15) is 13.8 Å². The van der Waals surface area contributed by atoms with Gasteiger partial charge >= 0.3 is 0 Å². The van der Waals surface area contributed by atoms with Gasteiger partial charge in [0, 0.05) is 22.4 Å². The highest BCUT2D eigenvalue weighted by Crippen LogP contribution is 2.31. The van der Waals surface area contributed by atoms with Crippen LogP contribution in [-0.4, -0.2) is 26.0 Å². The number of benzene rings is 1. The van der Waals surface area contributed by atoms with Crippen molar-refractivity contribution in [1.29, 1.82) is 0 Å². The minimum atomic E-state index is -3.10. The molecule has 5 heteroatoms. The summed E-state index contributed by atoms with van der Waals surface area (Å²) < 4.78 is 22.5. The summed E-state index contributed by atoms with van der Waals surface area (Å²) in [6.45, 7) is 4.69. The van der Waals surface area contributed by atoms with Gasteiger partial charge in [-0.2, -0.15) is 0 Å². The van der Waals surface area contributed by atoms with Crippen LogP contribution in [-0.2, 0) is 9.84 Å². The third-order valence-electron chi connectivity index (χ3n) is 2.14. The minimum Gasteiger partial charge on any atom is -0.329 e. The van der Waals surface area contributed by atoms with E-state index in [4.69, 9.17) is 5.73 Å². The van der Waals surface area contributed by atoms with Crippen molar-refractivity contribution in [1.82, 2.24) is 0 Å². The Labute approximate surface area is 101 Å². The van der Waals surface area contributed by atoms with Gasteiger partial charge < -0.3 is 5.73 Å². The molecule has 0 aromatic heterocycles. The first kappa shape index (κ1) is 13.5. The first-order valence-electron chi connectivity index (χ1n) is 4.94. The van der Waals surface area contributed by atoms with Gasteiger partial charge in [-0.3, -0.25) is 0 Å². The molecule has 0 radical (unpaired) electrons. The van der Waals surface area contributed by atoms with Crippen LogP contribution in [0.15, 0.2) is 34.1 Å². The zero-order valence-corrected chi connectivity index (χ0v) is 11.4. The first-order valence-corrected chi connectivity index (χ1v) is 7.65. The molecule has 1 rings (SSSR count). The van der Waals surface area contributed by atoms with Gasteiger partial charge in [-0.15, -0.1) is 11.8 Å². The van der Waals surface area contributed by atoms with E-state index in [9.17, 15) is 8.42 Å². The van der Waals surface area contributed by atoms with Gasteiger partial charge in [0.05, 0.1) is 4.90 Å². The van der Waals surface area contributed by atoms with E-state index in [0.29, 0.717) is 11.4 Å².